The predicted octanol–water partition coefficient (Wildman–Crippen LogP) is 5.71. The zero-order valence-electron chi connectivity index (χ0n) is 16.0. The molecule has 0 fully saturated rings. The molecule has 134 valence electrons. The van der Waals surface area contributed by atoms with Crippen molar-refractivity contribution < 1.29 is 4.74 Å². The monoisotopic (exact) mass is 346 g/mol. The minimum absolute atomic E-state index is 0.296. The third-order valence-electron chi connectivity index (χ3n) is 4.67. The Hall–Kier alpha value is -2.73. The van der Waals surface area contributed by atoms with Crippen molar-refractivity contribution in [2.45, 2.75) is 52.7 Å². The van der Waals surface area contributed by atoms with Gasteiger partial charge in [0.1, 0.15) is 18.0 Å². The number of fused-ring (bicyclic) bond motifs is 1. The van der Waals surface area contributed by atoms with E-state index in [1.165, 1.54) is 5.56 Å². The third-order valence-corrected chi connectivity index (χ3v) is 4.67. The first-order valence-electron chi connectivity index (χ1n) is 9.23. The predicted molar refractivity (Wildman–Crippen MR) is 107 cm³/mol. The fourth-order valence-electron chi connectivity index (χ4n) is 3.21. The van der Waals surface area contributed by atoms with Crippen molar-refractivity contribution in [3.63, 3.8) is 0 Å². The summed E-state index contributed by atoms with van der Waals surface area (Å²) in [4.78, 5) is 4.53. The molecule has 2 aromatic heterocycles. The molecule has 3 aromatic rings. The molecule has 0 amide bonds. The molecule has 0 bridgehead atoms. The van der Waals surface area contributed by atoms with Crippen molar-refractivity contribution in [1.82, 2.24) is 9.55 Å². The molecule has 3 rings (SSSR count). The fourth-order valence-corrected chi connectivity index (χ4v) is 3.21. The summed E-state index contributed by atoms with van der Waals surface area (Å²) >= 11 is 0. The van der Waals surface area contributed by atoms with E-state index in [9.17, 15) is 0 Å². The quantitative estimate of drug-likeness (QED) is 0.534. The summed E-state index contributed by atoms with van der Waals surface area (Å²) in [5.41, 5.74) is 3.41. The van der Waals surface area contributed by atoms with E-state index in [1.807, 2.05) is 31.3 Å². The van der Waals surface area contributed by atoms with Gasteiger partial charge in [-0.3, -0.25) is 0 Å². The molecule has 0 aliphatic carbocycles. The summed E-state index contributed by atoms with van der Waals surface area (Å²) < 4.78 is 8.21. The lowest BCUT2D eigenvalue weighted by atomic mass is 9.97. The molecule has 0 aliphatic rings. The molecule has 1 aromatic carbocycles. The van der Waals surface area contributed by atoms with Crippen molar-refractivity contribution in [1.29, 1.82) is 0 Å². The Morgan fingerprint density at radius 2 is 1.88 bits per heavy atom. The van der Waals surface area contributed by atoms with Crippen molar-refractivity contribution in [3.8, 4) is 17.6 Å². The maximum Gasteiger partial charge on any atom is 0.140 e. The van der Waals surface area contributed by atoms with Crippen LogP contribution in [-0.4, -0.2) is 9.55 Å². The van der Waals surface area contributed by atoms with Gasteiger partial charge < -0.3 is 9.30 Å². The summed E-state index contributed by atoms with van der Waals surface area (Å²) in [5.74, 6) is 7.45. The molecule has 1 atom stereocenters. The van der Waals surface area contributed by atoms with Crippen LogP contribution in [0.5, 0.6) is 5.75 Å². The van der Waals surface area contributed by atoms with Gasteiger partial charge in [-0.1, -0.05) is 25.0 Å². The second-order valence-electron chi connectivity index (χ2n) is 6.74. The lowest BCUT2D eigenvalue weighted by Gasteiger charge is -2.12. The Bertz CT molecular complexity index is 926. The Morgan fingerprint density at radius 1 is 1.12 bits per heavy atom. The van der Waals surface area contributed by atoms with Crippen molar-refractivity contribution >= 4 is 11.0 Å². The normalized spacial score (nSPS) is 12.0. The number of hydrogen-bond acceptors (Lipinski definition) is 2. The molecule has 0 unspecified atom stereocenters. The van der Waals surface area contributed by atoms with E-state index in [1.54, 1.807) is 0 Å². The number of benzene rings is 1. The molecular formula is C23H26N2O. The van der Waals surface area contributed by atoms with Crippen LogP contribution in [-0.2, 0) is 6.61 Å². The highest BCUT2D eigenvalue weighted by atomic mass is 16.5. The molecule has 3 heteroatoms. The lowest BCUT2D eigenvalue weighted by molar-refractivity contribution is 0.307. The molecule has 2 heterocycles. The molecule has 3 nitrogen and oxygen atoms in total. The van der Waals surface area contributed by atoms with Gasteiger partial charge in [0, 0.05) is 35.3 Å². The van der Waals surface area contributed by atoms with E-state index in [4.69, 9.17) is 4.74 Å². The number of hydrogen-bond donors (Lipinski definition) is 0. The summed E-state index contributed by atoms with van der Waals surface area (Å²) in [6.45, 7) is 8.92. The van der Waals surface area contributed by atoms with E-state index in [-0.39, 0.29) is 0 Å². The van der Waals surface area contributed by atoms with Crippen LogP contribution < -0.4 is 4.74 Å². The SMILES string of the molecule is CC#C[C@@H](CC)c1ccc(OCc2ccnc3c2ccn3C(C)C)cc1. The van der Waals surface area contributed by atoms with Gasteiger partial charge in [0.05, 0.1) is 0 Å². The average molecular weight is 346 g/mol. The Morgan fingerprint density at radius 3 is 2.54 bits per heavy atom. The lowest BCUT2D eigenvalue weighted by Crippen LogP contribution is -2.01. The minimum Gasteiger partial charge on any atom is -0.489 e. The first-order chi connectivity index (χ1) is 12.6. The summed E-state index contributed by atoms with van der Waals surface area (Å²) in [6, 6.07) is 12.8. The second-order valence-corrected chi connectivity index (χ2v) is 6.74. The molecule has 0 N–H and O–H groups in total. The Kier molecular flexibility index (Phi) is 5.63. The van der Waals surface area contributed by atoms with Crippen molar-refractivity contribution in [3.05, 3.63) is 59.9 Å². The smallest absolute Gasteiger partial charge is 0.140 e. The second kappa shape index (κ2) is 8.10. The fraction of sp³-hybridized carbons (Fsp3) is 0.348. The van der Waals surface area contributed by atoms with Gasteiger partial charge in [-0.2, -0.15) is 0 Å². The summed E-state index contributed by atoms with van der Waals surface area (Å²) in [5, 5.41) is 1.15. The van der Waals surface area contributed by atoms with Crippen LogP contribution in [0.15, 0.2) is 48.8 Å². The number of nitrogens with zero attached hydrogens (tertiary/aromatic N) is 2. The van der Waals surface area contributed by atoms with Crippen molar-refractivity contribution in [2.75, 3.05) is 0 Å². The van der Waals surface area contributed by atoms with E-state index >= 15 is 0 Å². The molecule has 0 saturated carbocycles. The van der Waals surface area contributed by atoms with Gasteiger partial charge in [-0.15, -0.1) is 5.92 Å². The van der Waals surface area contributed by atoms with E-state index in [0.717, 1.165) is 28.8 Å². The van der Waals surface area contributed by atoms with Crippen LogP contribution >= 0.6 is 0 Å². The van der Waals surface area contributed by atoms with Crippen molar-refractivity contribution in [2.24, 2.45) is 0 Å². The summed E-state index contributed by atoms with van der Waals surface area (Å²) in [7, 11) is 0. The van der Waals surface area contributed by atoms with Gasteiger partial charge in [-0.25, -0.2) is 4.98 Å². The zero-order valence-corrected chi connectivity index (χ0v) is 16.0. The van der Waals surface area contributed by atoms with Gasteiger partial charge in [0.25, 0.3) is 0 Å². The third kappa shape index (κ3) is 3.75. The zero-order chi connectivity index (χ0) is 18.5. The highest BCUT2D eigenvalue weighted by Crippen LogP contribution is 2.25. The van der Waals surface area contributed by atoms with Crippen LogP contribution in [0.25, 0.3) is 11.0 Å². The number of rotatable bonds is 6. The first kappa shape index (κ1) is 18.1. The van der Waals surface area contributed by atoms with Crippen LogP contribution in [0, 0.1) is 11.8 Å². The summed E-state index contributed by atoms with van der Waals surface area (Å²) in [6.07, 6.45) is 4.97. The van der Waals surface area contributed by atoms with Crippen LogP contribution in [0.4, 0.5) is 0 Å². The molecule has 0 saturated heterocycles. The molecule has 0 radical (unpaired) electrons. The minimum atomic E-state index is 0.296. The number of ether oxygens (including phenoxy) is 1. The molecule has 0 spiro atoms. The standard InChI is InChI=1S/C23H26N2O/c1-5-7-18(6-2)19-8-10-21(11-9-19)26-16-20-12-14-24-23-22(20)13-15-25(23)17(3)4/h8-15,17-18H,6,16H2,1-4H3/t18-/m1/s1. The Labute approximate surface area is 156 Å². The van der Waals surface area contributed by atoms with E-state index in [2.05, 4.69) is 66.6 Å². The van der Waals surface area contributed by atoms with Crippen LogP contribution in [0.2, 0.25) is 0 Å². The maximum absolute atomic E-state index is 6.03. The molecular weight excluding hydrogens is 320 g/mol. The van der Waals surface area contributed by atoms with Crippen LogP contribution in [0.3, 0.4) is 0 Å². The largest absolute Gasteiger partial charge is 0.489 e. The van der Waals surface area contributed by atoms with Gasteiger partial charge >= 0.3 is 0 Å². The number of aromatic nitrogens is 2. The van der Waals surface area contributed by atoms with Gasteiger partial charge in [0.2, 0.25) is 0 Å². The molecule has 0 aliphatic heterocycles. The molecule has 26 heavy (non-hydrogen) atoms. The topological polar surface area (TPSA) is 27.1 Å². The highest BCUT2D eigenvalue weighted by Gasteiger charge is 2.10. The van der Waals surface area contributed by atoms with E-state index < -0.39 is 0 Å². The first-order valence-corrected chi connectivity index (χ1v) is 9.23. The average Bonchev–Trinajstić information content (AvgIpc) is 3.10. The van der Waals surface area contributed by atoms with Gasteiger partial charge in [-0.05, 0) is 57.0 Å². The Balaban J connectivity index is 1.75. The number of pyridine rings is 1. The maximum atomic E-state index is 6.03. The van der Waals surface area contributed by atoms with Gasteiger partial charge in [0.15, 0.2) is 0 Å². The van der Waals surface area contributed by atoms with Crippen LogP contribution in [0.1, 0.15) is 57.2 Å². The highest BCUT2D eigenvalue weighted by molar-refractivity contribution is 5.80. The van der Waals surface area contributed by atoms with E-state index in [0.29, 0.717) is 18.6 Å².